The van der Waals surface area contributed by atoms with Crippen molar-refractivity contribution in [1.82, 2.24) is 9.80 Å². The van der Waals surface area contributed by atoms with Gasteiger partial charge in [-0.25, -0.2) is 0 Å². The summed E-state index contributed by atoms with van der Waals surface area (Å²) in [4.78, 5) is 22.1. The van der Waals surface area contributed by atoms with Gasteiger partial charge in [-0.2, -0.15) is 5.26 Å². The number of allylic oxidation sites excluding steroid dienone is 2. The fraction of sp³-hybridized carbons (Fsp3) is 0.269. The maximum absolute atomic E-state index is 13.4. The molecule has 0 N–H and O–H groups in total. The molecular weight excluding hydrogens is 395 g/mol. The molecule has 0 saturated heterocycles. The first-order valence-electron chi connectivity index (χ1n) is 11.0. The first-order valence-corrected chi connectivity index (χ1v) is 11.0. The van der Waals surface area contributed by atoms with Crippen LogP contribution in [0, 0.1) is 11.3 Å². The number of guanidine groups is 1. The smallest absolute Gasteiger partial charge is 0.258 e. The van der Waals surface area contributed by atoms with E-state index in [1.54, 1.807) is 0 Å². The Labute approximate surface area is 189 Å². The lowest BCUT2D eigenvalue weighted by Crippen LogP contribution is -2.50. The van der Waals surface area contributed by atoms with Crippen molar-refractivity contribution < 1.29 is 4.79 Å². The van der Waals surface area contributed by atoms with E-state index in [2.05, 4.69) is 28.1 Å². The monoisotopic (exact) mass is 418 g/mol. The van der Waals surface area contributed by atoms with Gasteiger partial charge in [-0.3, -0.25) is 14.7 Å². The van der Waals surface area contributed by atoms with Crippen LogP contribution in [0.5, 0.6) is 0 Å². The highest BCUT2D eigenvalue weighted by molar-refractivity contribution is 6.32. The molecule has 5 rings (SSSR count). The molecule has 1 aliphatic carbocycles. The van der Waals surface area contributed by atoms with Crippen molar-refractivity contribution in [3.8, 4) is 6.07 Å². The molecule has 5 nitrogen and oxygen atoms in total. The van der Waals surface area contributed by atoms with Gasteiger partial charge in [0.15, 0.2) is 0 Å². The Morgan fingerprint density at radius 1 is 1.12 bits per heavy atom. The van der Waals surface area contributed by atoms with Crippen LogP contribution < -0.4 is 5.46 Å². The molecule has 32 heavy (non-hydrogen) atoms. The molecule has 0 atom stereocenters. The molecule has 2 aliphatic heterocycles. The largest absolute Gasteiger partial charge is 0.313 e. The van der Waals surface area contributed by atoms with E-state index in [0.29, 0.717) is 18.7 Å². The zero-order valence-electron chi connectivity index (χ0n) is 17.9. The standard InChI is InChI=1S/C26H23BN4O/c27-22-9-6-20(7-10-22)17-31-25(32)23-11-8-19(15-24(23)30-13-12-29-26(30)31)5-4-18-2-1-3-21(14-18)16-28/h1-3,5-7,9-10,14H,4,8,11-13,15,17H2. The highest BCUT2D eigenvalue weighted by Gasteiger charge is 2.40. The van der Waals surface area contributed by atoms with Crippen molar-refractivity contribution in [3.05, 3.63) is 88.1 Å². The Kier molecular flexibility index (Phi) is 5.40. The summed E-state index contributed by atoms with van der Waals surface area (Å²) in [6, 6.07) is 17.6. The summed E-state index contributed by atoms with van der Waals surface area (Å²) >= 11 is 0. The molecule has 2 heterocycles. The summed E-state index contributed by atoms with van der Waals surface area (Å²) < 4.78 is 0. The predicted octanol–water partition coefficient (Wildman–Crippen LogP) is 2.97. The second-order valence-corrected chi connectivity index (χ2v) is 8.45. The summed E-state index contributed by atoms with van der Waals surface area (Å²) in [5.74, 6) is 0.850. The number of rotatable bonds is 4. The minimum Gasteiger partial charge on any atom is -0.313 e. The number of nitrogens with zero attached hydrogens (tertiary/aromatic N) is 4. The van der Waals surface area contributed by atoms with Crippen molar-refractivity contribution in [2.45, 2.75) is 32.2 Å². The molecule has 2 aromatic rings. The number of hydrogen-bond donors (Lipinski definition) is 0. The third-order valence-corrected chi connectivity index (χ3v) is 6.33. The van der Waals surface area contributed by atoms with Crippen molar-refractivity contribution in [3.63, 3.8) is 0 Å². The van der Waals surface area contributed by atoms with Crippen molar-refractivity contribution >= 4 is 25.2 Å². The van der Waals surface area contributed by atoms with Gasteiger partial charge in [0.05, 0.1) is 24.7 Å². The molecule has 0 bridgehead atoms. The molecule has 0 spiro atoms. The highest BCUT2D eigenvalue weighted by atomic mass is 16.2. The average Bonchev–Trinajstić information content (AvgIpc) is 3.32. The lowest BCUT2D eigenvalue weighted by Gasteiger charge is -2.40. The van der Waals surface area contributed by atoms with Gasteiger partial charge in [0.25, 0.3) is 5.91 Å². The second kappa shape index (κ2) is 8.51. The number of hydrogen-bond acceptors (Lipinski definition) is 4. The first kappa shape index (κ1) is 20.3. The molecule has 156 valence electrons. The van der Waals surface area contributed by atoms with E-state index in [-0.39, 0.29) is 5.91 Å². The number of aliphatic imine (C=N–C) groups is 1. The number of amides is 1. The lowest BCUT2D eigenvalue weighted by atomic mass is 9.88. The van der Waals surface area contributed by atoms with Crippen LogP contribution in [0.3, 0.4) is 0 Å². The van der Waals surface area contributed by atoms with Crippen LogP contribution in [-0.4, -0.2) is 42.6 Å². The van der Waals surface area contributed by atoms with E-state index in [1.807, 2.05) is 47.4 Å². The number of benzene rings is 2. The third kappa shape index (κ3) is 3.87. The van der Waals surface area contributed by atoms with Gasteiger partial charge in [0, 0.05) is 24.2 Å². The van der Waals surface area contributed by atoms with Crippen LogP contribution in [0.25, 0.3) is 0 Å². The van der Waals surface area contributed by atoms with Crippen LogP contribution in [0.15, 0.2) is 76.4 Å². The number of fused-ring (bicyclic) bond motifs is 2. The van der Waals surface area contributed by atoms with Crippen LogP contribution >= 0.6 is 0 Å². The van der Waals surface area contributed by atoms with Crippen LogP contribution in [0.2, 0.25) is 0 Å². The minimum absolute atomic E-state index is 0.0782. The van der Waals surface area contributed by atoms with E-state index < -0.39 is 0 Å². The molecule has 0 fully saturated rings. The first-order chi connectivity index (χ1) is 15.6. The topological polar surface area (TPSA) is 59.7 Å². The number of nitriles is 1. The Morgan fingerprint density at radius 3 is 2.78 bits per heavy atom. The number of carbonyl (C=O) groups excluding carboxylic acids is 1. The third-order valence-electron chi connectivity index (χ3n) is 6.33. The zero-order valence-corrected chi connectivity index (χ0v) is 17.9. The van der Waals surface area contributed by atoms with Gasteiger partial charge in [-0.1, -0.05) is 53.5 Å². The Hall–Kier alpha value is -3.59. The Balaban J connectivity index is 1.37. The van der Waals surface area contributed by atoms with Crippen molar-refractivity contribution in [1.29, 1.82) is 5.26 Å². The highest BCUT2D eigenvalue weighted by Crippen LogP contribution is 2.37. The van der Waals surface area contributed by atoms with Gasteiger partial charge >= 0.3 is 0 Å². The van der Waals surface area contributed by atoms with Gasteiger partial charge in [-0.05, 0) is 42.5 Å². The second-order valence-electron chi connectivity index (χ2n) is 8.45. The van der Waals surface area contributed by atoms with E-state index in [0.717, 1.165) is 66.0 Å². The van der Waals surface area contributed by atoms with Crippen molar-refractivity contribution in [2.24, 2.45) is 4.99 Å². The van der Waals surface area contributed by atoms with Gasteiger partial charge in [0.1, 0.15) is 7.85 Å². The number of carbonyl (C=O) groups is 1. The molecule has 1 amide bonds. The quantitative estimate of drug-likeness (QED) is 0.567. The zero-order chi connectivity index (χ0) is 22.1. The van der Waals surface area contributed by atoms with Gasteiger partial charge in [-0.15, -0.1) is 0 Å². The SMILES string of the molecule is [B]c1ccc(CN2C(=O)C3=C(CC(=CCc4cccc(C#N)c4)CC3)N3CCN=C23)cc1. The van der Waals surface area contributed by atoms with E-state index in [1.165, 1.54) is 5.57 Å². The van der Waals surface area contributed by atoms with Gasteiger partial charge in [0.2, 0.25) is 5.96 Å². The predicted molar refractivity (Wildman–Crippen MR) is 125 cm³/mol. The average molecular weight is 418 g/mol. The molecule has 0 unspecified atom stereocenters. The molecular formula is C26H23BN4O. The van der Waals surface area contributed by atoms with Crippen molar-refractivity contribution in [2.75, 3.05) is 13.1 Å². The molecule has 0 saturated carbocycles. The normalized spacial score (nSPS) is 19.0. The molecule has 6 heteroatoms. The van der Waals surface area contributed by atoms with Crippen LogP contribution in [0.1, 0.15) is 36.0 Å². The fourth-order valence-electron chi connectivity index (χ4n) is 4.66. The van der Waals surface area contributed by atoms with Crippen LogP contribution in [0.4, 0.5) is 0 Å². The van der Waals surface area contributed by atoms with E-state index in [4.69, 9.17) is 13.1 Å². The Morgan fingerprint density at radius 2 is 1.97 bits per heavy atom. The fourth-order valence-corrected chi connectivity index (χ4v) is 4.66. The maximum Gasteiger partial charge on any atom is 0.258 e. The molecule has 0 aromatic heterocycles. The van der Waals surface area contributed by atoms with Crippen LogP contribution in [-0.2, 0) is 17.8 Å². The summed E-state index contributed by atoms with van der Waals surface area (Å²) in [7, 11) is 5.81. The molecule has 2 radical (unpaired) electrons. The molecule has 3 aliphatic rings. The molecule has 2 aromatic carbocycles. The summed E-state index contributed by atoms with van der Waals surface area (Å²) in [5, 5.41) is 9.12. The minimum atomic E-state index is 0.0782. The summed E-state index contributed by atoms with van der Waals surface area (Å²) in [6.45, 7) is 2.03. The van der Waals surface area contributed by atoms with Gasteiger partial charge < -0.3 is 4.90 Å². The van der Waals surface area contributed by atoms with E-state index in [9.17, 15) is 4.79 Å². The van der Waals surface area contributed by atoms with E-state index >= 15 is 0 Å². The summed E-state index contributed by atoms with van der Waals surface area (Å²) in [6.07, 6.45) is 5.48. The summed E-state index contributed by atoms with van der Waals surface area (Å²) in [5.41, 5.74) is 6.96. The lowest BCUT2D eigenvalue weighted by molar-refractivity contribution is -0.125. The maximum atomic E-state index is 13.4. The Bertz CT molecular complexity index is 1200.